The van der Waals surface area contributed by atoms with Crippen molar-refractivity contribution in [3.05, 3.63) is 47.0 Å². The quantitative estimate of drug-likeness (QED) is 0.163. The summed E-state index contributed by atoms with van der Waals surface area (Å²) in [7, 11) is 10.4. The van der Waals surface area contributed by atoms with Gasteiger partial charge in [-0.15, -0.1) is 35.7 Å². The first-order valence-electron chi connectivity index (χ1n) is 15.6. The van der Waals surface area contributed by atoms with Gasteiger partial charge in [0, 0.05) is 24.7 Å². The molecule has 0 aromatic heterocycles. The molecule has 4 aliphatic rings. The van der Waals surface area contributed by atoms with Crippen molar-refractivity contribution in [1.82, 2.24) is 0 Å². The molecule has 14 atom stereocenters. The van der Waals surface area contributed by atoms with E-state index in [2.05, 4.69) is 35.7 Å². The topological polar surface area (TPSA) is 129 Å². The van der Waals surface area contributed by atoms with Crippen molar-refractivity contribution in [2.24, 2.45) is 28.6 Å². The first-order valence-corrected chi connectivity index (χ1v) is 27.4. The predicted molar refractivity (Wildman–Crippen MR) is 201 cm³/mol. The highest BCUT2D eigenvalue weighted by atomic mass is 33.0. The van der Waals surface area contributed by atoms with Gasteiger partial charge in [-0.1, -0.05) is 39.0 Å². The molecule has 260 valence electrons. The van der Waals surface area contributed by atoms with Crippen molar-refractivity contribution >= 4 is 74.9 Å². The molecule has 16 heteroatoms. The third-order valence-corrected chi connectivity index (χ3v) is 33.5. The average Bonchev–Trinajstić information content (AvgIpc) is 2.97. The van der Waals surface area contributed by atoms with Gasteiger partial charge in [0.1, 0.15) is 18.0 Å². The van der Waals surface area contributed by atoms with Gasteiger partial charge >= 0.3 is 11.9 Å². The Bertz CT molecular complexity index is 1420. The Morgan fingerprint density at radius 3 is 2.11 bits per heavy atom. The molecule has 0 spiro atoms. The number of hydrogen-bond donors (Lipinski definition) is 2. The second kappa shape index (κ2) is 14.4. The molecule has 1 aliphatic heterocycles. The fourth-order valence-electron chi connectivity index (χ4n) is 8.91. The Hall–Kier alpha value is 0.420. The van der Waals surface area contributed by atoms with E-state index in [1.807, 2.05) is 33.8 Å². The molecule has 2 saturated carbocycles. The van der Waals surface area contributed by atoms with E-state index in [1.165, 1.54) is 13.8 Å². The van der Waals surface area contributed by atoms with E-state index in [0.717, 1.165) is 0 Å². The Labute approximate surface area is 290 Å². The second-order valence-electron chi connectivity index (χ2n) is 14.0. The average molecular weight is 781 g/mol. The third-order valence-electron chi connectivity index (χ3n) is 11.0. The number of ketones is 1. The summed E-state index contributed by atoms with van der Waals surface area (Å²) in [6.45, 7) is 9.18. The minimum atomic E-state index is -1.34. The van der Waals surface area contributed by atoms with E-state index in [9.17, 15) is 24.6 Å². The van der Waals surface area contributed by atoms with Crippen LogP contribution in [0.2, 0.25) is 0 Å². The van der Waals surface area contributed by atoms with E-state index in [1.54, 1.807) is 24.3 Å². The number of aliphatic hydroxyl groups excluding tert-OH is 2. The van der Waals surface area contributed by atoms with Crippen molar-refractivity contribution in [3.63, 3.8) is 0 Å². The molecule has 47 heavy (non-hydrogen) atoms. The lowest BCUT2D eigenvalue weighted by atomic mass is 9.44. The van der Waals surface area contributed by atoms with E-state index < -0.39 is 98.1 Å². The molecule has 1 aromatic rings. The van der Waals surface area contributed by atoms with Crippen LogP contribution in [0, 0.1) is 28.6 Å². The van der Waals surface area contributed by atoms with Crippen molar-refractivity contribution < 1.29 is 43.3 Å². The van der Waals surface area contributed by atoms with Crippen LogP contribution >= 0.6 is 57.2 Å². The monoisotopic (exact) mass is 780 g/mol. The summed E-state index contributed by atoms with van der Waals surface area (Å²) in [6.07, 6.45) is -3.92. The minimum Gasteiger partial charge on any atom is -0.458 e. The first-order chi connectivity index (χ1) is 21.9. The summed E-state index contributed by atoms with van der Waals surface area (Å²) in [6, 6.07) is 8.69. The number of Topliss-reactive ketones (excluding diaryl/α,β-unsaturated/α-hetero) is 1. The summed E-state index contributed by atoms with van der Waals surface area (Å²) in [5, 5.41) is 24.5. The van der Waals surface area contributed by atoms with Crippen LogP contribution in [0.3, 0.4) is 0 Å². The molecule has 1 saturated heterocycles. The van der Waals surface area contributed by atoms with Gasteiger partial charge in [0.05, 0.1) is 49.8 Å². The Kier molecular flexibility index (Phi) is 11.9. The zero-order chi connectivity index (χ0) is 34.8. The zero-order valence-electron chi connectivity index (χ0n) is 27.5. The molecule has 5 rings (SSSR count). The zero-order valence-corrected chi connectivity index (χ0v) is 34.8. The number of ether oxygens (including phenoxy) is 3. The summed E-state index contributed by atoms with van der Waals surface area (Å²) >= 11 is 0. The van der Waals surface area contributed by atoms with Crippen LogP contribution in [-0.4, -0.2) is 70.7 Å². The van der Waals surface area contributed by atoms with E-state index in [4.69, 9.17) is 18.7 Å². The molecule has 1 aromatic carbocycles. The molecule has 1 heterocycles. The van der Waals surface area contributed by atoms with Crippen molar-refractivity contribution in [3.8, 4) is 0 Å². The number of fused-ring (bicyclic) bond motifs is 5. The van der Waals surface area contributed by atoms with Gasteiger partial charge in [-0.25, -0.2) is 4.79 Å². The number of hydrogen-bond acceptors (Lipinski definition) is 9. The van der Waals surface area contributed by atoms with Crippen LogP contribution in [0.25, 0.3) is 0 Å². The lowest BCUT2D eigenvalue weighted by Gasteiger charge is -2.68. The number of esters is 2. The van der Waals surface area contributed by atoms with Gasteiger partial charge in [-0.2, -0.15) is 0 Å². The Morgan fingerprint density at radius 2 is 1.60 bits per heavy atom. The predicted octanol–water partition coefficient (Wildman–Crippen LogP) is 6.98. The number of carbonyl (C=O) groups excluding carboxylic acids is 3. The molecule has 3 aliphatic carbocycles. The van der Waals surface area contributed by atoms with Crippen molar-refractivity contribution in [1.29, 1.82) is 0 Å². The van der Waals surface area contributed by atoms with Crippen molar-refractivity contribution in [2.75, 3.05) is 6.61 Å². The van der Waals surface area contributed by atoms with Gasteiger partial charge in [0.2, 0.25) is 0 Å². The highest BCUT2D eigenvalue weighted by Crippen LogP contribution is 2.98. The summed E-state index contributed by atoms with van der Waals surface area (Å²) in [5.74, 6) is -3.67. The normalized spacial score (nSPS) is 37.8. The van der Waals surface area contributed by atoms with Crippen LogP contribution in [0.15, 0.2) is 41.5 Å². The van der Waals surface area contributed by atoms with Crippen LogP contribution in [0.1, 0.15) is 64.7 Å². The van der Waals surface area contributed by atoms with Gasteiger partial charge in [0.25, 0.3) is 0 Å². The fourth-order valence-corrected chi connectivity index (χ4v) is 41.8. The van der Waals surface area contributed by atoms with Gasteiger partial charge < -0.3 is 28.9 Å². The smallest absolute Gasteiger partial charge is 0.338 e. The van der Waals surface area contributed by atoms with Crippen LogP contribution in [0.4, 0.5) is 0 Å². The van der Waals surface area contributed by atoms with Crippen LogP contribution < -0.4 is 0 Å². The van der Waals surface area contributed by atoms with Crippen molar-refractivity contribution in [2.45, 2.75) is 90.5 Å². The molecule has 3 fully saturated rings. The number of rotatable bonds is 8. The van der Waals surface area contributed by atoms with Crippen LogP contribution in [0.5, 0.6) is 0 Å². The maximum Gasteiger partial charge on any atom is 0.338 e. The van der Waals surface area contributed by atoms with Gasteiger partial charge in [-0.05, 0) is 62.9 Å². The Morgan fingerprint density at radius 1 is 0.979 bits per heavy atom. The molecule has 6 unspecified atom stereocenters. The maximum absolute atomic E-state index is 14.0. The third kappa shape index (κ3) is 6.64. The maximum atomic E-state index is 14.0. The van der Waals surface area contributed by atoms with E-state index in [-0.39, 0.29) is 18.8 Å². The summed E-state index contributed by atoms with van der Waals surface area (Å²) in [4.78, 5) is 40.8. The van der Waals surface area contributed by atoms with Gasteiger partial charge in [0.15, 0.2) is 5.60 Å². The highest BCUT2D eigenvalue weighted by Gasteiger charge is 2.75. The minimum absolute atomic E-state index is 0.0349. The number of carbonyl (C=O) groups is 3. The molecular weight excluding hydrogens is 733 g/mol. The van der Waals surface area contributed by atoms with E-state index >= 15 is 0 Å². The Balaban J connectivity index is 1.83. The standard InChI is InChI=1S/C31H47O9P7/c1-15-20(34)12-19-25(38-28(36)18-10-8-7-9-11-18)26-30(6,27(35)23(16(2)32)24(15)29(19,4)5)21(40-45(46(41)42)47(43)44)13-22-31(26,14-37-22)39-17(3)33/h7-11,19-23,25-27,34-35H,12-14,41-44H2,1-6H3/t19?,20-,21-,22+,23+,25+,26?,27+,30+,31-/m0/s1. The fraction of sp³-hybridized carbons (Fsp3) is 0.645. The lowest BCUT2D eigenvalue weighted by molar-refractivity contribution is -0.349. The second-order valence-corrected chi connectivity index (χ2v) is 37.6. The molecule has 9 nitrogen and oxygen atoms in total. The summed E-state index contributed by atoms with van der Waals surface area (Å²) in [5.41, 5.74) is -1.69. The molecule has 0 amide bonds. The van der Waals surface area contributed by atoms with E-state index in [0.29, 0.717) is 23.1 Å². The first kappa shape index (κ1) is 38.6. The largest absolute Gasteiger partial charge is 0.458 e. The number of benzene rings is 1. The highest BCUT2D eigenvalue weighted by molar-refractivity contribution is 8.96. The molecule has 0 radical (unpaired) electrons. The molecule has 2 N–H and O–H groups in total. The summed E-state index contributed by atoms with van der Waals surface area (Å²) < 4.78 is 26.2. The van der Waals surface area contributed by atoms with Gasteiger partial charge in [-0.3, -0.25) is 9.59 Å². The molecular formula is C31H47O9P7. The number of aliphatic hydroxyl groups is 2. The van der Waals surface area contributed by atoms with Crippen LogP contribution in [-0.2, 0) is 28.3 Å². The lowest BCUT2D eigenvalue weighted by Crippen LogP contribution is -2.79. The SMILES string of the molecule is CC(=O)O[C@@]12CO[C@@H]1C[C@H](OP(P(P)P)P(P)P)[C@]1(C)C2[C@H](OC(=O)c2ccccc2)C2C[C@H](O)C(C)=C([C@@H](C(C)=O)[C@H]1O)C2(C)C. The molecule has 2 bridgehead atoms.